The molecule has 1 aromatic heterocycles. The molecule has 2 aromatic rings. The number of hydrogen-bond acceptors (Lipinski definition) is 2. The van der Waals surface area contributed by atoms with E-state index in [4.69, 9.17) is 0 Å². The number of pyridine rings is 1. The van der Waals surface area contributed by atoms with Gasteiger partial charge in [0.1, 0.15) is 11.6 Å². The molecule has 0 fully saturated rings. The first kappa shape index (κ1) is 11.7. The quantitative estimate of drug-likeness (QED) is 0.924. The lowest BCUT2D eigenvalue weighted by Gasteiger charge is -2.04. The maximum atomic E-state index is 13.2. The van der Waals surface area contributed by atoms with E-state index >= 15 is 0 Å². The molecule has 3 nitrogen and oxygen atoms in total. The molecule has 1 heterocycles. The largest absolute Gasteiger partial charge is 0.307 e. The van der Waals surface area contributed by atoms with E-state index in [0.717, 1.165) is 0 Å². The Balaban J connectivity index is 2.18. The van der Waals surface area contributed by atoms with Gasteiger partial charge in [0.05, 0.1) is 4.47 Å². The van der Waals surface area contributed by atoms with E-state index in [2.05, 4.69) is 26.2 Å². The summed E-state index contributed by atoms with van der Waals surface area (Å²) in [5, 5.41) is 2.57. The second-order valence-electron chi connectivity index (χ2n) is 3.30. The van der Waals surface area contributed by atoms with Crippen LogP contribution in [-0.4, -0.2) is 10.9 Å². The minimum Gasteiger partial charge on any atom is -0.307 e. The van der Waals surface area contributed by atoms with Crippen molar-refractivity contribution in [2.75, 3.05) is 5.32 Å². The Morgan fingerprint density at radius 2 is 2.12 bits per heavy atom. The van der Waals surface area contributed by atoms with Crippen LogP contribution < -0.4 is 5.32 Å². The number of anilines is 1. The summed E-state index contributed by atoms with van der Waals surface area (Å²) in [6, 6.07) is 9.35. The van der Waals surface area contributed by atoms with E-state index < -0.39 is 11.7 Å². The summed E-state index contributed by atoms with van der Waals surface area (Å²) in [6.07, 6.45) is 1.57. The average Bonchev–Trinajstić information content (AvgIpc) is 2.34. The number of benzene rings is 1. The lowest BCUT2D eigenvalue weighted by Crippen LogP contribution is -2.12. The number of halogens is 2. The number of aromatic nitrogens is 1. The van der Waals surface area contributed by atoms with Crippen molar-refractivity contribution in [1.29, 1.82) is 0 Å². The topological polar surface area (TPSA) is 42.0 Å². The Kier molecular flexibility index (Phi) is 3.49. The SMILES string of the molecule is O=C(Nc1ccccn1)c1ccc(Br)c(F)c1. The van der Waals surface area contributed by atoms with Crippen molar-refractivity contribution in [1.82, 2.24) is 4.98 Å². The van der Waals surface area contributed by atoms with Crippen molar-refractivity contribution in [2.45, 2.75) is 0 Å². The van der Waals surface area contributed by atoms with Gasteiger partial charge in [-0.15, -0.1) is 0 Å². The molecule has 0 aliphatic heterocycles. The number of nitrogens with one attached hydrogen (secondary N) is 1. The zero-order chi connectivity index (χ0) is 12.3. The summed E-state index contributed by atoms with van der Waals surface area (Å²) in [6.45, 7) is 0. The highest BCUT2D eigenvalue weighted by Gasteiger charge is 2.09. The van der Waals surface area contributed by atoms with Gasteiger partial charge in [0, 0.05) is 11.8 Å². The molecule has 0 aliphatic rings. The molecule has 1 amide bonds. The second kappa shape index (κ2) is 5.05. The summed E-state index contributed by atoms with van der Waals surface area (Å²) in [5.41, 5.74) is 0.247. The van der Waals surface area contributed by atoms with Crippen molar-refractivity contribution >= 4 is 27.7 Å². The molecule has 0 bridgehead atoms. The van der Waals surface area contributed by atoms with Crippen molar-refractivity contribution in [2.24, 2.45) is 0 Å². The normalized spacial score (nSPS) is 10.0. The standard InChI is InChI=1S/C12H8BrFN2O/c13-9-5-4-8(7-10(9)14)12(17)16-11-3-1-2-6-15-11/h1-7H,(H,15,16,17). The lowest BCUT2D eigenvalue weighted by atomic mass is 10.2. The van der Waals surface area contributed by atoms with Gasteiger partial charge in [-0.25, -0.2) is 9.37 Å². The van der Waals surface area contributed by atoms with Gasteiger partial charge >= 0.3 is 0 Å². The highest BCUT2D eigenvalue weighted by molar-refractivity contribution is 9.10. The van der Waals surface area contributed by atoms with Gasteiger partial charge in [-0.1, -0.05) is 6.07 Å². The predicted octanol–water partition coefficient (Wildman–Crippen LogP) is 3.24. The average molecular weight is 295 g/mol. The van der Waals surface area contributed by atoms with E-state index in [-0.39, 0.29) is 5.56 Å². The van der Waals surface area contributed by atoms with Crippen LogP contribution in [0.1, 0.15) is 10.4 Å². The minimum atomic E-state index is -0.473. The Morgan fingerprint density at radius 1 is 1.29 bits per heavy atom. The second-order valence-corrected chi connectivity index (χ2v) is 4.15. The molecule has 0 radical (unpaired) electrons. The first-order chi connectivity index (χ1) is 8.16. The Bertz CT molecular complexity index is 545. The molecule has 0 aliphatic carbocycles. The van der Waals surface area contributed by atoms with Crippen LogP contribution in [0.3, 0.4) is 0 Å². The molecule has 17 heavy (non-hydrogen) atoms. The Morgan fingerprint density at radius 3 is 2.76 bits per heavy atom. The molecule has 0 spiro atoms. The van der Waals surface area contributed by atoms with Gasteiger partial charge in [-0.3, -0.25) is 4.79 Å². The van der Waals surface area contributed by atoms with Crippen LogP contribution in [-0.2, 0) is 0 Å². The third kappa shape index (κ3) is 2.88. The Labute approximate surface area is 106 Å². The first-order valence-electron chi connectivity index (χ1n) is 4.84. The van der Waals surface area contributed by atoms with Crippen molar-refractivity contribution in [3.63, 3.8) is 0 Å². The Hall–Kier alpha value is -1.75. The summed E-state index contributed by atoms with van der Waals surface area (Å²) >= 11 is 3.03. The minimum absolute atomic E-state index is 0.247. The molecule has 0 atom stereocenters. The van der Waals surface area contributed by atoms with Crippen LogP contribution in [0.5, 0.6) is 0 Å². The van der Waals surface area contributed by atoms with Crippen molar-refractivity contribution in [3.05, 3.63) is 58.4 Å². The molecule has 0 unspecified atom stereocenters. The number of hydrogen-bond donors (Lipinski definition) is 1. The summed E-state index contributed by atoms with van der Waals surface area (Å²) in [7, 11) is 0. The van der Waals surface area contributed by atoms with Gasteiger partial charge in [0.2, 0.25) is 0 Å². The van der Waals surface area contributed by atoms with Gasteiger partial charge in [0.25, 0.3) is 5.91 Å². The number of carbonyl (C=O) groups is 1. The van der Waals surface area contributed by atoms with E-state index in [1.807, 2.05) is 0 Å². The maximum absolute atomic E-state index is 13.2. The van der Waals surface area contributed by atoms with Crippen LogP contribution in [0.2, 0.25) is 0 Å². The summed E-state index contributed by atoms with van der Waals surface area (Å²) in [4.78, 5) is 15.7. The van der Waals surface area contributed by atoms with E-state index in [1.54, 1.807) is 24.4 Å². The molecule has 2 rings (SSSR count). The van der Waals surface area contributed by atoms with Crippen LogP contribution in [0.15, 0.2) is 47.1 Å². The smallest absolute Gasteiger partial charge is 0.256 e. The molecule has 0 saturated heterocycles. The fourth-order valence-electron chi connectivity index (χ4n) is 1.26. The fraction of sp³-hybridized carbons (Fsp3) is 0. The van der Waals surface area contributed by atoms with Crippen LogP contribution >= 0.6 is 15.9 Å². The third-order valence-corrected chi connectivity index (χ3v) is 2.73. The molecule has 1 N–H and O–H groups in total. The summed E-state index contributed by atoms with van der Waals surface area (Å²) in [5.74, 6) is -0.436. The monoisotopic (exact) mass is 294 g/mol. The van der Waals surface area contributed by atoms with E-state index in [9.17, 15) is 9.18 Å². The number of carbonyl (C=O) groups excluding carboxylic acids is 1. The summed E-state index contributed by atoms with van der Waals surface area (Å²) < 4.78 is 13.6. The molecule has 0 saturated carbocycles. The molecule has 5 heteroatoms. The highest BCUT2D eigenvalue weighted by Crippen LogP contribution is 2.17. The van der Waals surface area contributed by atoms with Crippen LogP contribution in [0, 0.1) is 5.82 Å². The molecular formula is C12H8BrFN2O. The van der Waals surface area contributed by atoms with E-state index in [1.165, 1.54) is 18.2 Å². The van der Waals surface area contributed by atoms with Gasteiger partial charge in [-0.05, 0) is 46.3 Å². The van der Waals surface area contributed by atoms with E-state index in [0.29, 0.717) is 10.3 Å². The lowest BCUT2D eigenvalue weighted by molar-refractivity contribution is 0.102. The highest BCUT2D eigenvalue weighted by atomic mass is 79.9. The maximum Gasteiger partial charge on any atom is 0.256 e. The number of amides is 1. The van der Waals surface area contributed by atoms with Crippen LogP contribution in [0.25, 0.3) is 0 Å². The van der Waals surface area contributed by atoms with Gasteiger partial charge in [0.15, 0.2) is 0 Å². The number of rotatable bonds is 2. The zero-order valence-corrected chi connectivity index (χ0v) is 10.2. The van der Waals surface area contributed by atoms with Crippen LogP contribution in [0.4, 0.5) is 10.2 Å². The number of nitrogens with zero attached hydrogens (tertiary/aromatic N) is 1. The molecule has 1 aromatic carbocycles. The zero-order valence-electron chi connectivity index (χ0n) is 8.65. The van der Waals surface area contributed by atoms with Gasteiger partial charge < -0.3 is 5.32 Å². The first-order valence-corrected chi connectivity index (χ1v) is 5.63. The fourth-order valence-corrected chi connectivity index (χ4v) is 1.51. The molecular weight excluding hydrogens is 287 g/mol. The molecule has 86 valence electrons. The van der Waals surface area contributed by atoms with Gasteiger partial charge in [-0.2, -0.15) is 0 Å². The van der Waals surface area contributed by atoms with Crippen molar-refractivity contribution in [3.8, 4) is 0 Å². The van der Waals surface area contributed by atoms with Crippen molar-refractivity contribution < 1.29 is 9.18 Å². The predicted molar refractivity (Wildman–Crippen MR) is 66.3 cm³/mol. The third-order valence-electron chi connectivity index (χ3n) is 2.09.